The molecule has 3 unspecified atom stereocenters. The van der Waals surface area contributed by atoms with Crippen LogP contribution in [0.1, 0.15) is 49.1 Å². The van der Waals surface area contributed by atoms with E-state index in [0.717, 1.165) is 48.6 Å². The summed E-state index contributed by atoms with van der Waals surface area (Å²) in [5, 5.41) is 10.0. The summed E-state index contributed by atoms with van der Waals surface area (Å²) in [6.07, 6.45) is 0.735. The van der Waals surface area contributed by atoms with E-state index >= 15 is 0 Å². The van der Waals surface area contributed by atoms with Gasteiger partial charge in [0.15, 0.2) is 5.60 Å². The summed E-state index contributed by atoms with van der Waals surface area (Å²) >= 11 is 0. The molecule has 2 bridgehead atoms. The van der Waals surface area contributed by atoms with Crippen LogP contribution in [0.15, 0.2) is 30.5 Å². The van der Waals surface area contributed by atoms with Crippen molar-refractivity contribution in [3.8, 4) is 11.1 Å². The number of benzene rings is 1. The highest BCUT2D eigenvalue weighted by atomic mass is 32.2. The van der Waals surface area contributed by atoms with Gasteiger partial charge in [-0.3, -0.25) is 9.88 Å². The molecule has 0 amide bonds. The number of fused-ring (bicyclic) bond motifs is 2. The van der Waals surface area contributed by atoms with Crippen LogP contribution in [-0.4, -0.2) is 65.3 Å². The lowest BCUT2D eigenvalue weighted by Crippen LogP contribution is -2.55. The lowest BCUT2D eigenvalue weighted by Gasteiger charge is -2.39. The maximum atomic E-state index is 13.3. The summed E-state index contributed by atoms with van der Waals surface area (Å²) in [7, 11) is -3.22. The molecule has 0 saturated carbocycles. The standard InChI is InChI=1S/C25H32F3N3O3S/c1-5-17-11-19(13-30-14-20-7-8-21(15-30)31(20)35(4,33)34)29-12-23(17)22-9-6-18(10-16(22)2)24(3,32)25(26,27)28/h6,9-12,20-21,32H,5,7-8,13-15H2,1-4H3. The van der Waals surface area contributed by atoms with Crippen LogP contribution in [0.25, 0.3) is 11.1 Å². The Morgan fingerprint density at radius 3 is 2.26 bits per heavy atom. The Morgan fingerprint density at radius 2 is 1.74 bits per heavy atom. The van der Waals surface area contributed by atoms with E-state index < -0.39 is 21.8 Å². The molecule has 2 fully saturated rings. The Balaban J connectivity index is 1.55. The molecule has 3 heterocycles. The van der Waals surface area contributed by atoms with Crippen molar-refractivity contribution >= 4 is 10.0 Å². The molecule has 10 heteroatoms. The fourth-order valence-corrected chi connectivity index (χ4v) is 6.88. The van der Waals surface area contributed by atoms with E-state index in [9.17, 15) is 26.7 Å². The minimum atomic E-state index is -4.77. The number of hydrogen-bond donors (Lipinski definition) is 1. The summed E-state index contributed by atoms with van der Waals surface area (Å²) in [6.45, 7) is 6.48. The van der Waals surface area contributed by atoms with Crippen molar-refractivity contribution in [2.24, 2.45) is 0 Å². The van der Waals surface area contributed by atoms with Gasteiger partial charge in [-0.05, 0) is 61.4 Å². The van der Waals surface area contributed by atoms with Crippen molar-refractivity contribution in [2.75, 3.05) is 19.3 Å². The fraction of sp³-hybridized carbons (Fsp3) is 0.560. The van der Waals surface area contributed by atoms with Gasteiger partial charge in [-0.25, -0.2) is 8.42 Å². The van der Waals surface area contributed by atoms with Crippen molar-refractivity contribution in [3.05, 3.63) is 52.8 Å². The van der Waals surface area contributed by atoms with Gasteiger partial charge in [-0.1, -0.05) is 25.1 Å². The number of likely N-dealkylation sites (tertiary alicyclic amines) is 1. The predicted octanol–water partition coefficient (Wildman–Crippen LogP) is 4.00. The first-order valence-corrected chi connectivity index (χ1v) is 13.7. The van der Waals surface area contributed by atoms with E-state index in [0.29, 0.717) is 25.2 Å². The molecule has 1 aromatic carbocycles. The molecule has 2 saturated heterocycles. The normalized spacial score (nSPS) is 23.4. The molecule has 192 valence electrons. The molecule has 1 aromatic heterocycles. The van der Waals surface area contributed by atoms with Gasteiger partial charge in [0, 0.05) is 43.5 Å². The summed E-state index contributed by atoms with van der Waals surface area (Å²) in [4.78, 5) is 6.90. The Hall–Kier alpha value is -2.01. The van der Waals surface area contributed by atoms with Crippen molar-refractivity contribution in [1.82, 2.24) is 14.2 Å². The number of aryl methyl sites for hydroxylation is 2. The molecule has 2 aliphatic rings. The molecule has 35 heavy (non-hydrogen) atoms. The highest BCUT2D eigenvalue weighted by molar-refractivity contribution is 7.88. The van der Waals surface area contributed by atoms with Crippen molar-refractivity contribution < 1.29 is 26.7 Å². The first-order chi connectivity index (χ1) is 16.2. The third-order valence-electron chi connectivity index (χ3n) is 7.32. The summed E-state index contributed by atoms with van der Waals surface area (Å²) in [5.74, 6) is 0. The summed E-state index contributed by atoms with van der Waals surface area (Å²) in [6, 6.07) is 6.35. The predicted molar refractivity (Wildman–Crippen MR) is 128 cm³/mol. The van der Waals surface area contributed by atoms with Gasteiger partial charge in [-0.15, -0.1) is 0 Å². The molecule has 3 atom stereocenters. The van der Waals surface area contributed by atoms with Gasteiger partial charge in [-0.2, -0.15) is 17.5 Å². The number of piperazine rings is 1. The van der Waals surface area contributed by atoms with E-state index in [1.807, 2.05) is 13.0 Å². The van der Waals surface area contributed by atoms with Crippen LogP contribution >= 0.6 is 0 Å². The van der Waals surface area contributed by atoms with E-state index in [2.05, 4.69) is 9.88 Å². The monoisotopic (exact) mass is 511 g/mol. The molecule has 2 aromatic rings. The number of sulfonamides is 1. The summed E-state index contributed by atoms with van der Waals surface area (Å²) < 4.78 is 65.8. The van der Waals surface area contributed by atoms with Crippen LogP contribution in [0.2, 0.25) is 0 Å². The minimum absolute atomic E-state index is 0.00346. The third-order valence-corrected chi connectivity index (χ3v) is 8.68. The first kappa shape index (κ1) is 26.1. The fourth-order valence-electron chi connectivity index (χ4n) is 5.45. The Labute approximate surface area is 204 Å². The van der Waals surface area contributed by atoms with E-state index in [-0.39, 0.29) is 17.6 Å². The number of pyridine rings is 1. The van der Waals surface area contributed by atoms with Crippen LogP contribution in [-0.2, 0) is 28.6 Å². The average molecular weight is 512 g/mol. The van der Waals surface area contributed by atoms with Gasteiger partial charge >= 0.3 is 6.18 Å². The number of aromatic nitrogens is 1. The highest BCUT2D eigenvalue weighted by Gasteiger charge is 2.51. The number of hydrogen-bond acceptors (Lipinski definition) is 5. The smallest absolute Gasteiger partial charge is 0.376 e. The third kappa shape index (κ3) is 4.98. The van der Waals surface area contributed by atoms with E-state index in [1.54, 1.807) is 23.5 Å². The number of alkyl halides is 3. The average Bonchev–Trinajstić information content (AvgIpc) is 3.05. The molecule has 6 nitrogen and oxygen atoms in total. The molecule has 4 rings (SSSR count). The molecule has 1 N–H and O–H groups in total. The summed E-state index contributed by atoms with van der Waals surface area (Å²) in [5.41, 5.74) is 1.06. The Kier molecular flexibility index (Phi) is 6.80. The van der Waals surface area contributed by atoms with Crippen LogP contribution in [0.5, 0.6) is 0 Å². The maximum absolute atomic E-state index is 13.3. The second kappa shape index (κ2) is 9.14. The largest absolute Gasteiger partial charge is 0.421 e. The van der Waals surface area contributed by atoms with Crippen molar-refractivity contribution in [3.63, 3.8) is 0 Å². The lowest BCUT2D eigenvalue weighted by atomic mass is 9.89. The molecule has 0 aliphatic carbocycles. The highest BCUT2D eigenvalue weighted by Crippen LogP contribution is 2.40. The van der Waals surface area contributed by atoms with Crippen molar-refractivity contribution in [2.45, 2.75) is 70.4 Å². The van der Waals surface area contributed by atoms with E-state index in [1.165, 1.54) is 18.4 Å². The number of aliphatic hydroxyl groups is 1. The molecule has 2 aliphatic heterocycles. The second-order valence-corrected chi connectivity index (χ2v) is 11.8. The number of nitrogens with zero attached hydrogens (tertiary/aromatic N) is 3. The van der Waals surface area contributed by atoms with Gasteiger partial charge in [0.1, 0.15) is 0 Å². The zero-order valence-electron chi connectivity index (χ0n) is 20.4. The van der Waals surface area contributed by atoms with Crippen LogP contribution in [0, 0.1) is 6.92 Å². The lowest BCUT2D eigenvalue weighted by molar-refractivity contribution is -0.258. The van der Waals surface area contributed by atoms with Gasteiger partial charge < -0.3 is 5.11 Å². The minimum Gasteiger partial charge on any atom is -0.376 e. The Morgan fingerprint density at radius 1 is 1.11 bits per heavy atom. The maximum Gasteiger partial charge on any atom is 0.421 e. The van der Waals surface area contributed by atoms with Gasteiger partial charge in [0.05, 0.1) is 11.9 Å². The molecular weight excluding hydrogens is 479 g/mol. The van der Waals surface area contributed by atoms with Crippen LogP contribution < -0.4 is 0 Å². The first-order valence-electron chi connectivity index (χ1n) is 11.8. The zero-order valence-corrected chi connectivity index (χ0v) is 21.2. The van der Waals surface area contributed by atoms with Gasteiger partial charge in [0.2, 0.25) is 10.0 Å². The van der Waals surface area contributed by atoms with Crippen molar-refractivity contribution in [1.29, 1.82) is 0 Å². The van der Waals surface area contributed by atoms with Crippen LogP contribution in [0.4, 0.5) is 13.2 Å². The Bertz CT molecular complexity index is 1200. The molecular formula is C25H32F3N3O3S. The second-order valence-electron chi connectivity index (χ2n) is 9.96. The van der Waals surface area contributed by atoms with Crippen LogP contribution in [0.3, 0.4) is 0 Å². The molecule has 0 spiro atoms. The quantitative estimate of drug-likeness (QED) is 0.635. The van der Waals surface area contributed by atoms with E-state index in [4.69, 9.17) is 0 Å². The van der Waals surface area contributed by atoms with Gasteiger partial charge in [0.25, 0.3) is 0 Å². The molecule has 0 radical (unpaired) electrons. The zero-order chi connectivity index (χ0) is 25.8. The SMILES string of the molecule is CCc1cc(CN2CC3CCC(C2)N3S(C)(=O)=O)ncc1-c1ccc(C(C)(O)C(F)(F)F)cc1C. The topological polar surface area (TPSA) is 73.7 Å². The number of rotatable bonds is 6. The number of halogens is 3.